The first-order valence-corrected chi connectivity index (χ1v) is 6.17. The van der Waals surface area contributed by atoms with Gasteiger partial charge in [0.15, 0.2) is 0 Å². The van der Waals surface area contributed by atoms with Gasteiger partial charge in [0.25, 0.3) is 0 Å². The van der Waals surface area contributed by atoms with Crippen LogP contribution in [-0.2, 0) is 4.74 Å². The van der Waals surface area contributed by atoms with E-state index in [0.29, 0.717) is 18.1 Å². The summed E-state index contributed by atoms with van der Waals surface area (Å²) in [4.78, 5) is 2.51. The third-order valence-electron chi connectivity index (χ3n) is 3.42. The van der Waals surface area contributed by atoms with Crippen LogP contribution in [0.1, 0.15) is 39.5 Å². The molecule has 90 valence electrons. The molecule has 0 aromatic carbocycles. The minimum absolute atomic E-state index is 0.359. The first-order chi connectivity index (χ1) is 7.16. The minimum Gasteiger partial charge on any atom is -0.383 e. The van der Waals surface area contributed by atoms with E-state index in [4.69, 9.17) is 10.5 Å². The Morgan fingerprint density at radius 2 is 2.00 bits per heavy atom. The molecule has 0 aromatic rings. The van der Waals surface area contributed by atoms with E-state index in [0.717, 1.165) is 13.2 Å². The van der Waals surface area contributed by atoms with E-state index in [-0.39, 0.29) is 0 Å². The molecule has 15 heavy (non-hydrogen) atoms. The van der Waals surface area contributed by atoms with Crippen molar-refractivity contribution in [2.24, 2.45) is 5.73 Å². The zero-order chi connectivity index (χ0) is 11.3. The number of hydrogen-bond acceptors (Lipinski definition) is 3. The molecule has 3 heteroatoms. The van der Waals surface area contributed by atoms with E-state index in [1.165, 1.54) is 25.7 Å². The summed E-state index contributed by atoms with van der Waals surface area (Å²) in [5, 5.41) is 0. The van der Waals surface area contributed by atoms with Crippen molar-refractivity contribution >= 4 is 0 Å². The second-order valence-electron chi connectivity index (χ2n) is 4.84. The summed E-state index contributed by atoms with van der Waals surface area (Å²) in [5.41, 5.74) is 6.21. The van der Waals surface area contributed by atoms with E-state index in [1.54, 1.807) is 7.11 Å². The van der Waals surface area contributed by atoms with E-state index in [9.17, 15) is 0 Å². The third-order valence-corrected chi connectivity index (χ3v) is 3.42. The Balaban J connectivity index is 2.52. The molecular weight excluding hydrogens is 188 g/mol. The van der Waals surface area contributed by atoms with E-state index in [2.05, 4.69) is 18.7 Å². The van der Waals surface area contributed by atoms with Crippen molar-refractivity contribution < 1.29 is 4.74 Å². The van der Waals surface area contributed by atoms with Crippen molar-refractivity contribution in [2.45, 2.75) is 57.7 Å². The molecule has 1 aliphatic rings. The second-order valence-corrected chi connectivity index (χ2v) is 4.84. The van der Waals surface area contributed by atoms with Crippen LogP contribution in [0.25, 0.3) is 0 Å². The summed E-state index contributed by atoms with van der Waals surface area (Å²) in [5.74, 6) is 0. The molecule has 2 N–H and O–H groups in total. The van der Waals surface area contributed by atoms with Crippen molar-refractivity contribution in [3.8, 4) is 0 Å². The van der Waals surface area contributed by atoms with E-state index in [1.807, 2.05) is 0 Å². The molecule has 0 aliphatic heterocycles. The van der Waals surface area contributed by atoms with Gasteiger partial charge in [-0.3, -0.25) is 4.90 Å². The molecule has 0 bridgehead atoms. The van der Waals surface area contributed by atoms with Crippen LogP contribution in [0.4, 0.5) is 0 Å². The lowest BCUT2D eigenvalue weighted by atomic mass is 9.89. The molecule has 1 aliphatic carbocycles. The van der Waals surface area contributed by atoms with Gasteiger partial charge in [-0.25, -0.2) is 0 Å². The van der Waals surface area contributed by atoms with Gasteiger partial charge in [0.2, 0.25) is 0 Å². The van der Waals surface area contributed by atoms with Gasteiger partial charge in [-0.1, -0.05) is 12.8 Å². The van der Waals surface area contributed by atoms with Crippen molar-refractivity contribution in [3.05, 3.63) is 0 Å². The zero-order valence-corrected chi connectivity index (χ0v) is 10.4. The minimum atomic E-state index is 0.359. The number of nitrogens with two attached hydrogens (primary N) is 1. The van der Waals surface area contributed by atoms with Crippen LogP contribution in [0, 0.1) is 0 Å². The highest BCUT2D eigenvalue weighted by atomic mass is 16.5. The van der Waals surface area contributed by atoms with Gasteiger partial charge in [-0.2, -0.15) is 0 Å². The highest BCUT2D eigenvalue weighted by Gasteiger charge is 2.28. The quantitative estimate of drug-likeness (QED) is 0.755. The zero-order valence-electron chi connectivity index (χ0n) is 10.4. The molecule has 1 rings (SSSR count). The van der Waals surface area contributed by atoms with Gasteiger partial charge in [0.05, 0.1) is 6.61 Å². The topological polar surface area (TPSA) is 38.5 Å². The maximum Gasteiger partial charge on any atom is 0.0589 e. The maximum atomic E-state index is 6.21. The smallest absolute Gasteiger partial charge is 0.0589 e. The highest BCUT2D eigenvalue weighted by Crippen LogP contribution is 2.23. The molecule has 0 spiro atoms. The maximum absolute atomic E-state index is 6.21. The van der Waals surface area contributed by atoms with E-state index >= 15 is 0 Å². The Kier molecular flexibility index (Phi) is 5.58. The van der Waals surface area contributed by atoms with Gasteiger partial charge >= 0.3 is 0 Å². The average molecular weight is 214 g/mol. The number of nitrogens with zero attached hydrogens (tertiary/aromatic N) is 1. The Morgan fingerprint density at radius 1 is 1.33 bits per heavy atom. The Labute approximate surface area is 94.0 Å². The molecule has 2 atom stereocenters. The fraction of sp³-hybridized carbons (Fsp3) is 1.00. The first kappa shape index (κ1) is 12.9. The summed E-state index contributed by atoms with van der Waals surface area (Å²) >= 11 is 0. The molecule has 0 saturated heterocycles. The second kappa shape index (κ2) is 6.46. The van der Waals surface area contributed by atoms with Crippen molar-refractivity contribution in [1.29, 1.82) is 0 Å². The van der Waals surface area contributed by atoms with E-state index < -0.39 is 0 Å². The van der Waals surface area contributed by atoms with Gasteiger partial charge in [-0.05, 0) is 26.7 Å². The summed E-state index contributed by atoms with van der Waals surface area (Å²) in [7, 11) is 1.76. The molecule has 2 unspecified atom stereocenters. The lowest BCUT2D eigenvalue weighted by molar-refractivity contribution is 0.0688. The fourth-order valence-electron chi connectivity index (χ4n) is 2.56. The predicted molar refractivity (Wildman–Crippen MR) is 63.9 cm³/mol. The van der Waals surface area contributed by atoms with Gasteiger partial charge < -0.3 is 10.5 Å². The lowest BCUT2D eigenvalue weighted by Crippen LogP contribution is -2.53. The van der Waals surface area contributed by atoms with Crippen molar-refractivity contribution in [3.63, 3.8) is 0 Å². The first-order valence-electron chi connectivity index (χ1n) is 6.17. The summed E-state index contributed by atoms with van der Waals surface area (Å²) in [6, 6.07) is 1.49. The fourth-order valence-corrected chi connectivity index (χ4v) is 2.56. The average Bonchev–Trinajstić information content (AvgIpc) is 2.20. The number of rotatable bonds is 5. The van der Waals surface area contributed by atoms with Crippen molar-refractivity contribution in [1.82, 2.24) is 4.90 Å². The largest absolute Gasteiger partial charge is 0.383 e. The standard InChI is InChI=1S/C12H26N2O/c1-10(2)14(8-9-15-3)12-7-5-4-6-11(12)13/h10-12H,4-9,13H2,1-3H3. The van der Waals surface area contributed by atoms with Gasteiger partial charge in [-0.15, -0.1) is 0 Å². The molecular formula is C12H26N2O. The van der Waals surface area contributed by atoms with Crippen LogP contribution in [0.5, 0.6) is 0 Å². The number of ether oxygens (including phenoxy) is 1. The lowest BCUT2D eigenvalue weighted by Gasteiger charge is -2.40. The Morgan fingerprint density at radius 3 is 2.53 bits per heavy atom. The SMILES string of the molecule is COCCN(C(C)C)C1CCCCC1N. The Bertz CT molecular complexity index is 173. The molecule has 3 nitrogen and oxygen atoms in total. The van der Waals surface area contributed by atoms with Crippen LogP contribution >= 0.6 is 0 Å². The molecule has 0 amide bonds. The van der Waals surface area contributed by atoms with Crippen LogP contribution in [0.3, 0.4) is 0 Å². The molecule has 0 radical (unpaired) electrons. The van der Waals surface area contributed by atoms with Gasteiger partial charge in [0.1, 0.15) is 0 Å². The van der Waals surface area contributed by atoms with Crippen molar-refractivity contribution in [2.75, 3.05) is 20.3 Å². The predicted octanol–water partition coefficient (Wildman–Crippen LogP) is 1.61. The third kappa shape index (κ3) is 3.74. The highest BCUT2D eigenvalue weighted by molar-refractivity contribution is 4.87. The number of hydrogen-bond donors (Lipinski definition) is 1. The summed E-state index contributed by atoms with van der Waals surface area (Å²) in [6.45, 7) is 6.31. The Hall–Kier alpha value is -0.120. The molecule has 1 fully saturated rings. The normalized spacial score (nSPS) is 27.6. The monoisotopic (exact) mass is 214 g/mol. The summed E-state index contributed by atoms with van der Waals surface area (Å²) in [6.07, 6.45) is 5.06. The molecule has 0 heterocycles. The molecule has 0 aromatic heterocycles. The summed E-state index contributed by atoms with van der Waals surface area (Å²) < 4.78 is 5.17. The van der Waals surface area contributed by atoms with Crippen LogP contribution < -0.4 is 5.73 Å². The van der Waals surface area contributed by atoms with Crippen LogP contribution in [-0.4, -0.2) is 43.3 Å². The van der Waals surface area contributed by atoms with Crippen LogP contribution in [0.2, 0.25) is 0 Å². The number of methoxy groups -OCH3 is 1. The van der Waals surface area contributed by atoms with Gasteiger partial charge in [0, 0.05) is 31.8 Å². The molecule has 1 saturated carbocycles. The van der Waals surface area contributed by atoms with Crippen LogP contribution in [0.15, 0.2) is 0 Å².